The fourth-order valence-corrected chi connectivity index (χ4v) is 5.00. The zero-order valence-electron chi connectivity index (χ0n) is 14.2. The second-order valence-electron chi connectivity index (χ2n) is 6.88. The maximum atomic E-state index is 14.6. The Hall–Kier alpha value is -2.93. The van der Waals surface area contributed by atoms with Gasteiger partial charge in [-0.2, -0.15) is 0 Å². The second kappa shape index (κ2) is 6.06. The number of aromatic amines is 2. The first-order valence-corrected chi connectivity index (χ1v) is 9.63. The summed E-state index contributed by atoms with van der Waals surface area (Å²) in [4.78, 5) is 26.7. The van der Waals surface area contributed by atoms with Crippen molar-refractivity contribution in [3.63, 3.8) is 0 Å². The molecular formula is C20H16FN3O2S. The van der Waals surface area contributed by atoms with E-state index in [1.807, 2.05) is 17.5 Å². The highest BCUT2D eigenvalue weighted by atomic mass is 32.1. The van der Waals surface area contributed by atoms with Gasteiger partial charge in [0.15, 0.2) is 5.78 Å². The summed E-state index contributed by atoms with van der Waals surface area (Å²) in [6.45, 7) is 0. The molecule has 0 bridgehead atoms. The third-order valence-electron chi connectivity index (χ3n) is 5.34. The highest BCUT2D eigenvalue weighted by molar-refractivity contribution is 7.10. The van der Waals surface area contributed by atoms with Crippen molar-refractivity contribution in [1.82, 2.24) is 10.2 Å². The quantitative estimate of drug-likeness (QED) is 0.631. The molecule has 1 aliphatic heterocycles. The average molecular weight is 381 g/mol. The lowest BCUT2D eigenvalue weighted by Gasteiger charge is -2.34. The number of carbonyl (C=O) groups is 1. The molecule has 5 rings (SSSR count). The molecule has 0 spiro atoms. The van der Waals surface area contributed by atoms with Crippen LogP contribution < -0.4 is 10.9 Å². The van der Waals surface area contributed by atoms with Crippen molar-refractivity contribution < 1.29 is 9.18 Å². The number of aromatic nitrogens is 2. The van der Waals surface area contributed by atoms with Gasteiger partial charge in [-0.15, -0.1) is 11.3 Å². The molecule has 0 saturated carbocycles. The number of H-pyrrole nitrogens is 2. The molecule has 0 amide bonds. The average Bonchev–Trinajstić information content (AvgIpc) is 3.31. The zero-order valence-corrected chi connectivity index (χ0v) is 15.0. The van der Waals surface area contributed by atoms with Crippen molar-refractivity contribution in [3.05, 3.63) is 85.2 Å². The minimum atomic E-state index is -0.704. The summed E-state index contributed by atoms with van der Waals surface area (Å²) in [5.74, 6) is -0.564. The van der Waals surface area contributed by atoms with Crippen molar-refractivity contribution in [3.8, 4) is 0 Å². The van der Waals surface area contributed by atoms with Crippen molar-refractivity contribution in [1.29, 1.82) is 0 Å². The lowest BCUT2D eigenvalue weighted by molar-refractivity contribution is -0.116. The molecule has 2 aromatic heterocycles. The van der Waals surface area contributed by atoms with Gasteiger partial charge in [-0.05, 0) is 23.9 Å². The van der Waals surface area contributed by atoms with Gasteiger partial charge in [0.05, 0.1) is 11.5 Å². The van der Waals surface area contributed by atoms with Crippen molar-refractivity contribution in [2.24, 2.45) is 0 Å². The largest absolute Gasteiger partial charge is 0.343 e. The summed E-state index contributed by atoms with van der Waals surface area (Å²) < 4.78 is 14.6. The van der Waals surface area contributed by atoms with Gasteiger partial charge in [0.25, 0.3) is 5.56 Å². The van der Waals surface area contributed by atoms with Crippen LogP contribution in [-0.2, 0) is 4.79 Å². The number of thiophene rings is 1. The van der Waals surface area contributed by atoms with E-state index in [1.165, 1.54) is 6.07 Å². The minimum Gasteiger partial charge on any atom is -0.343 e. The number of nitrogens with one attached hydrogen (secondary N) is 3. The summed E-state index contributed by atoms with van der Waals surface area (Å²) in [7, 11) is 0. The molecule has 0 radical (unpaired) electrons. The van der Waals surface area contributed by atoms with E-state index in [1.54, 1.807) is 29.5 Å². The first kappa shape index (κ1) is 16.3. The molecule has 1 aliphatic carbocycles. The molecule has 3 heterocycles. The van der Waals surface area contributed by atoms with Crippen LogP contribution in [-0.4, -0.2) is 16.0 Å². The van der Waals surface area contributed by atoms with Gasteiger partial charge in [-0.25, -0.2) is 4.39 Å². The smallest absolute Gasteiger partial charge is 0.270 e. The van der Waals surface area contributed by atoms with Crippen LogP contribution >= 0.6 is 11.3 Å². The van der Waals surface area contributed by atoms with Crippen LogP contribution in [0.3, 0.4) is 0 Å². The van der Waals surface area contributed by atoms with Crippen LogP contribution in [0.15, 0.2) is 57.8 Å². The molecule has 2 atom stereocenters. The minimum absolute atomic E-state index is 0.0401. The Morgan fingerprint density at radius 1 is 1.04 bits per heavy atom. The van der Waals surface area contributed by atoms with Crippen molar-refractivity contribution in [2.75, 3.05) is 5.32 Å². The Morgan fingerprint density at radius 2 is 1.89 bits per heavy atom. The molecule has 0 saturated heterocycles. The molecule has 27 heavy (non-hydrogen) atoms. The number of benzene rings is 1. The van der Waals surface area contributed by atoms with Crippen molar-refractivity contribution in [2.45, 2.75) is 24.7 Å². The summed E-state index contributed by atoms with van der Waals surface area (Å²) >= 11 is 1.63. The van der Waals surface area contributed by atoms with Crippen LogP contribution in [0.4, 0.5) is 10.2 Å². The Balaban J connectivity index is 1.68. The van der Waals surface area contributed by atoms with E-state index in [9.17, 15) is 14.0 Å². The highest BCUT2D eigenvalue weighted by Crippen LogP contribution is 2.47. The SMILES string of the molecule is O=C1CC(c2cccs2)CC2=C1C(c1ccccc1F)c1c([nH][nH]c1=O)N2. The number of fused-ring (bicyclic) bond motifs is 1. The van der Waals surface area contributed by atoms with Crippen LogP contribution in [0.1, 0.15) is 40.7 Å². The number of allylic oxidation sites excluding steroid dienone is 2. The molecule has 1 aromatic carbocycles. The fraction of sp³-hybridized carbons (Fsp3) is 0.200. The van der Waals surface area contributed by atoms with Crippen LogP contribution in [0, 0.1) is 5.82 Å². The third-order valence-corrected chi connectivity index (χ3v) is 6.37. The monoisotopic (exact) mass is 381 g/mol. The Kier molecular flexibility index (Phi) is 3.65. The predicted molar refractivity (Wildman–Crippen MR) is 102 cm³/mol. The number of ketones is 1. The summed E-state index contributed by atoms with van der Waals surface area (Å²) in [6, 6.07) is 10.3. The predicted octanol–water partition coefficient (Wildman–Crippen LogP) is 3.86. The van der Waals surface area contributed by atoms with Crippen LogP contribution in [0.25, 0.3) is 0 Å². The fourth-order valence-electron chi connectivity index (χ4n) is 4.17. The van der Waals surface area contributed by atoms with E-state index >= 15 is 0 Å². The maximum Gasteiger partial charge on any atom is 0.270 e. The number of Topliss-reactive ketones (excluding diaryl/α,β-unsaturated/α-hetero) is 1. The normalized spacial score (nSPS) is 21.6. The van der Waals surface area contributed by atoms with Gasteiger partial charge in [0, 0.05) is 34.0 Å². The van der Waals surface area contributed by atoms with Gasteiger partial charge in [0.1, 0.15) is 11.6 Å². The van der Waals surface area contributed by atoms with Crippen LogP contribution in [0.2, 0.25) is 0 Å². The van der Waals surface area contributed by atoms with E-state index in [2.05, 4.69) is 15.5 Å². The molecule has 7 heteroatoms. The summed E-state index contributed by atoms with van der Waals surface area (Å²) in [5.41, 5.74) is 1.64. The lowest BCUT2D eigenvalue weighted by Crippen LogP contribution is -2.31. The zero-order chi connectivity index (χ0) is 18.5. The van der Waals surface area contributed by atoms with E-state index < -0.39 is 11.7 Å². The number of hydrogen-bond acceptors (Lipinski definition) is 4. The second-order valence-corrected chi connectivity index (χ2v) is 7.86. The standard InChI is InChI=1S/C20H16FN3O2S/c21-12-5-2-1-4-11(12)16-17-13(22-19-18(16)20(26)24-23-19)8-10(9-14(17)25)15-6-3-7-27-15/h1-7,10,16H,8-9H2,(H3,22,23,24,26). The molecule has 0 fully saturated rings. The Labute approximate surface area is 157 Å². The van der Waals surface area contributed by atoms with E-state index in [0.717, 1.165) is 10.6 Å². The summed E-state index contributed by atoms with van der Waals surface area (Å²) in [6.07, 6.45) is 1.02. The first-order valence-electron chi connectivity index (χ1n) is 8.75. The van der Waals surface area contributed by atoms with Crippen LogP contribution in [0.5, 0.6) is 0 Å². The molecule has 3 aromatic rings. The summed E-state index contributed by atoms with van der Waals surface area (Å²) in [5, 5.41) is 10.6. The van der Waals surface area contributed by atoms with E-state index in [4.69, 9.17) is 0 Å². The van der Waals surface area contributed by atoms with E-state index in [0.29, 0.717) is 35.4 Å². The molecule has 3 N–H and O–H groups in total. The topological polar surface area (TPSA) is 77.8 Å². The molecule has 2 aliphatic rings. The lowest BCUT2D eigenvalue weighted by atomic mass is 9.74. The highest BCUT2D eigenvalue weighted by Gasteiger charge is 2.41. The molecule has 2 unspecified atom stereocenters. The van der Waals surface area contributed by atoms with Gasteiger partial charge >= 0.3 is 0 Å². The molecule has 136 valence electrons. The van der Waals surface area contributed by atoms with Crippen molar-refractivity contribution >= 4 is 22.9 Å². The third kappa shape index (κ3) is 2.49. The maximum absolute atomic E-state index is 14.6. The molecular weight excluding hydrogens is 365 g/mol. The Bertz CT molecular complexity index is 1130. The van der Waals surface area contributed by atoms with E-state index in [-0.39, 0.29) is 17.3 Å². The Morgan fingerprint density at radius 3 is 2.67 bits per heavy atom. The molecule has 5 nitrogen and oxygen atoms in total. The van der Waals surface area contributed by atoms with Gasteiger partial charge < -0.3 is 5.32 Å². The van der Waals surface area contributed by atoms with Gasteiger partial charge in [0.2, 0.25) is 0 Å². The number of carbonyl (C=O) groups excluding carboxylic acids is 1. The number of halogens is 1. The van der Waals surface area contributed by atoms with Gasteiger partial charge in [-0.3, -0.25) is 19.8 Å². The first-order chi connectivity index (χ1) is 13.1. The number of hydrogen-bond donors (Lipinski definition) is 3. The number of rotatable bonds is 2. The van der Waals surface area contributed by atoms with Gasteiger partial charge in [-0.1, -0.05) is 24.3 Å². The number of anilines is 1.